The van der Waals surface area contributed by atoms with Crippen molar-refractivity contribution in [2.45, 2.75) is 13.0 Å². The van der Waals surface area contributed by atoms with Crippen molar-refractivity contribution >= 4 is 32.6 Å². The smallest absolute Gasteiger partial charge is 0.134 e. The van der Waals surface area contributed by atoms with Gasteiger partial charge < -0.3 is 9.73 Å². The maximum atomic E-state index is 5.85. The average Bonchev–Trinajstić information content (AvgIpc) is 2.83. The second kappa shape index (κ2) is 5.05. The van der Waals surface area contributed by atoms with Gasteiger partial charge in [0, 0.05) is 22.3 Å². The van der Waals surface area contributed by atoms with E-state index in [2.05, 4.69) is 45.3 Å². The predicted octanol–water partition coefficient (Wildman–Crippen LogP) is 4.76. The van der Waals surface area contributed by atoms with Gasteiger partial charge in [0.25, 0.3) is 0 Å². The van der Waals surface area contributed by atoms with Gasteiger partial charge >= 0.3 is 0 Å². The van der Waals surface area contributed by atoms with Crippen LogP contribution in [0.4, 0.5) is 5.69 Å². The summed E-state index contributed by atoms with van der Waals surface area (Å²) in [5.74, 6) is 0.914. The molecule has 0 spiro atoms. The first-order valence-electron chi connectivity index (χ1n) is 6.08. The van der Waals surface area contributed by atoms with Crippen molar-refractivity contribution in [3.63, 3.8) is 0 Å². The van der Waals surface area contributed by atoms with E-state index in [1.807, 2.05) is 24.3 Å². The molecule has 0 aliphatic carbocycles. The van der Waals surface area contributed by atoms with Crippen molar-refractivity contribution in [1.29, 1.82) is 0 Å². The first-order chi connectivity index (χ1) is 9.22. The summed E-state index contributed by atoms with van der Waals surface area (Å²) in [4.78, 5) is 4.09. The number of fused-ring (bicyclic) bond motifs is 1. The van der Waals surface area contributed by atoms with Crippen LogP contribution in [0.25, 0.3) is 11.0 Å². The van der Waals surface area contributed by atoms with Crippen molar-refractivity contribution in [2.75, 3.05) is 5.32 Å². The molecule has 3 aromatic rings. The molecule has 0 radical (unpaired) electrons. The van der Waals surface area contributed by atoms with Gasteiger partial charge in [0.05, 0.1) is 11.7 Å². The Morgan fingerprint density at radius 1 is 1.26 bits per heavy atom. The van der Waals surface area contributed by atoms with Crippen LogP contribution in [0.1, 0.15) is 18.7 Å². The molecule has 0 aliphatic heterocycles. The van der Waals surface area contributed by atoms with E-state index in [1.54, 1.807) is 12.4 Å². The minimum Gasteiger partial charge on any atom is -0.459 e. The van der Waals surface area contributed by atoms with Crippen molar-refractivity contribution in [3.8, 4) is 0 Å². The van der Waals surface area contributed by atoms with Gasteiger partial charge in [-0.1, -0.05) is 15.9 Å². The van der Waals surface area contributed by atoms with E-state index in [9.17, 15) is 0 Å². The summed E-state index contributed by atoms with van der Waals surface area (Å²) >= 11 is 3.47. The quantitative estimate of drug-likeness (QED) is 0.756. The molecule has 0 bridgehead atoms. The van der Waals surface area contributed by atoms with E-state index >= 15 is 0 Å². The number of pyridine rings is 1. The molecule has 4 heteroatoms. The zero-order valence-corrected chi connectivity index (χ0v) is 12.0. The standard InChI is InChI=1S/C15H13BrN2O/c1-10(18-13-3-2-6-17-9-13)15-8-11-7-12(16)4-5-14(11)19-15/h2-10,18H,1H3. The topological polar surface area (TPSA) is 38.1 Å². The Labute approximate surface area is 119 Å². The number of furan rings is 1. The Morgan fingerprint density at radius 2 is 2.16 bits per heavy atom. The van der Waals surface area contributed by atoms with Crippen LogP contribution in [0, 0.1) is 0 Å². The number of benzene rings is 1. The van der Waals surface area contributed by atoms with Crippen LogP contribution >= 0.6 is 15.9 Å². The lowest BCUT2D eigenvalue weighted by molar-refractivity contribution is 0.526. The lowest BCUT2D eigenvalue weighted by atomic mass is 10.2. The molecule has 0 fully saturated rings. The zero-order valence-electron chi connectivity index (χ0n) is 10.4. The van der Waals surface area contributed by atoms with Crippen LogP contribution in [0.5, 0.6) is 0 Å². The van der Waals surface area contributed by atoms with E-state index in [1.165, 1.54) is 0 Å². The van der Waals surface area contributed by atoms with Crippen LogP contribution in [0.15, 0.2) is 57.7 Å². The number of nitrogens with one attached hydrogen (secondary N) is 1. The van der Waals surface area contributed by atoms with Crippen molar-refractivity contribution < 1.29 is 4.42 Å². The highest BCUT2D eigenvalue weighted by Crippen LogP contribution is 2.28. The number of anilines is 1. The molecule has 0 saturated heterocycles. The summed E-state index contributed by atoms with van der Waals surface area (Å²) < 4.78 is 6.91. The number of rotatable bonds is 3. The lowest BCUT2D eigenvalue weighted by Gasteiger charge is -2.11. The van der Waals surface area contributed by atoms with E-state index in [-0.39, 0.29) is 6.04 Å². The highest BCUT2D eigenvalue weighted by molar-refractivity contribution is 9.10. The SMILES string of the molecule is CC(Nc1cccnc1)c1cc2cc(Br)ccc2o1. The fourth-order valence-corrected chi connectivity index (χ4v) is 2.40. The Hall–Kier alpha value is -1.81. The largest absolute Gasteiger partial charge is 0.459 e. The Balaban J connectivity index is 1.87. The number of aromatic nitrogens is 1. The molecule has 1 atom stereocenters. The molecule has 2 aromatic heterocycles. The summed E-state index contributed by atoms with van der Waals surface area (Å²) in [7, 11) is 0. The molecule has 0 saturated carbocycles. The molecule has 19 heavy (non-hydrogen) atoms. The van der Waals surface area contributed by atoms with E-state index in [0.717, 1.165) is 26.9 Å². The monoisotopic (exact) mass is 316 g/mol. The third-order valence-electron chi connectivity index (χ3n) is 2.97. The Bertz CT molecular complexity index is 694. The molecule has 96 valence electrons. The van der Waals surface area contributed by atoms with Crippen LogP contribution < -0.4 is 5.32 Å². The van der Waals surface area contributed by atoms with Crippen molar-refractivity contribution in [1.82, 2.24) is 4.98 Å². The molecule has 0 aliphatic rings. The fourth-order valence-electron chi connectivity index (χ4n) is 2.02. The second-order valence-corrected chi connectivity index (χ2v) is 5.35. The van der Waals surface area contributed by atoms with E-state index in [4.69, 9.17) is 4.42 Å². The van der Waals surface area contributed by atoms with Crippen LogP contribution in [0.3, 0.4) is 0 Å². The molecule has 3 nitrogen and oxygen atoms in total. The van der Waals surface area contributed by atoms with Gasteiger partial charge in [-0.25, -0.2) is 0 Å². The lowest BCUT2D eigenvalue weighted by Crippen LogP contribution is -2.05. The van der Waals surface area contributed by atoms with E-state index < -0.39 is 0 Å². The molecular formula is C15H13BrN2O. The zero-order chi connectivity index (χ0) is 13.2. The third kappa shape index (κ3) is 2.63. The van der Waals surface area contributed by atoms with Crippen molar-refractivity contribution in [3.05, 3.63) is 59.0 Å². The minimum atomic E-state index is 0.0929. The normalized spacial score (nSPS) is 12.5. The third-order valence-corrected chi connectivity index (χ3v) is 3.46. The number of hydrogen-bond donors (Lipinski definition) is 1. The molecular weight excluding hydrogens is 304 g/mol. The first kappa shape index (κ1) is 12.2. The van der Waals surface area contributed by atoms with Gasteiger partial charge in [0.1, 0.15) is 11.3 Å². The van der Waals surface area contributed by atoms with Gasteiger partial charge in [-0.2, -0.15) is 0 Å². The molecule has 1 aromatic carbocycles. The maximum Gasteiger partial charge on any atom is 0.134 e. The number of nitrogens with zero attached hydrogens (tertiary/aromatic N) is 1. The van der Waals surface area contributed by atoms with Crippen LogP contribution in [-0.4, -0.2) is 4.98 Å². The fraction of sp³-hybridized carbons (Fsp3) is 0.133. The Morgan fingerprint density at radius 3 is 2.95 bits per heavy atom. The van der Waals surface area contributed by atoms with Gasteiger partial charge in [0.15, 0.2) is 0 Å². The summed E-state index contributed by atoms with van der Waals surface area (Å²) in [5, 5.41) is 4.47. The van der Waals surface area contributed by atoms with Crippen LogP contribution in [-0.2, 0) is 0 Å². The highest BCUT2D eigenvalue weighted by Gasteiger charge is 2.11. The molecule has 1 unspecified atom stereocenters. The van der Waals surface area contributed by atoms with E-state index in [0.29, 0.717) is 0 Å². The van der Waals surface area contributed by atoms with Crippen LogP contribution in [0.2, 0.25) is 0 Å². The molecule has 3 rings (SSSR count). The summed E-state index contributed by atoms with van der Waals surface area (Å²) in [5.41, 5.74) is 1.88. The molecule has 2 heterocycles. The Kier molecular flexibility index (Phi) is 3.25. The summed E-state index contributed by atoms with van der Waals surface area (Å²) in [6.45, 7) is 2.07. The second-order valence-electron chi connectivity index (χ2n) is 4.44. The van der Waals surface area contributed by atoms with Gasteiger partial charge in [0.2, 0.25) is 0 Å². The average molecular weight is 317 g/mol. The predicted molar refractivity (Wildman–Crippen MR) is 80.2 cm³/mol. The highest BCUT2D eigenvalue weighted by atomic mass is 79.9. The minimum absolute atomic E-state index is 0.0929. The van der Waals surface area contributed by atoms with Gasteiger partial charge in [-0.05, 0) is 43.3 Å². The maximum absolute atomic E-state index is 5.85. The molecule has 0 amide bonds. The molecule has 1 N–H and O–H groups in total. The number of halogens is 1. The summed E-state index contributed by atoms with van der Waals surface area (Å²) in [6, 6.07) is 12.1. The first-order valence-corrected chi connectivity index (χ1v) is 6.87. The van der Waals surface area contributed by atoms with Gasteiger partial charge in [-0.3, -0.25) is 4.98 Å². The van der Waals surface area contributed by atoms with Gasteiger partial charge in [-0.15, -0.1) is 0 Å². The summed E-state index contributed by atoms with van der Waals surface area (Å²) in [6.07, 6.45) is 3.56. The number of hydrogen-bond acceptors (Lipinski definition) is 3. The van der Waals surface area contributed by atoms with Crippen molar-refractivity contribution in [2.24, 2.45) is 0 Å².